The van der Waals surface area contributed by atoms with Crippen LogP contribution in [0.3, 0.4) is 0 Å². The molecule has 20 heavy (non-hydrogen) atoms. The van der Waals surface area contributed by atoms with Gasteiger partial charge in [0.25, 0.3) is 0 Å². The van der Waals surface area contributed by atoms with E-state index in [0.29, 0.717) is 11.6 Å². The monoisotopic (exact) mass is 289 g/mol. The van der Waals surface area contributed by atoms with Crippen molar-refractivity contribution >= 4 is 27.4 Å². The Balaban J connectivity index is 1.81. The summed E-state index contributed by atoms with van der Waals surface area (Å²) in [5.41, 5.74) is 0. The van der Waals surface area contributed by atoms with Gasteiger partial charge in [-0.2, -0.15) is 0 Å². The molecule has 0 aliphatic carbocycles. The average Bonchev–Trinajstić information content (AvgIpc) is 2.94. The van der Waals surface area contributed by atoms with Gasteiger partial charge in [0.05, 0.1) is 5.39 Å². The van der Waals surface area contributed by atoms with Crippen LogP contribution in [-0.4, -0.2) is 17.0 Å². The van der Waals surface area contributed by atoms with Crippen LogP contribution in [0.5, 0.6) is 5.75 Å². The molecule has 1 N–H and O–H groups in total. The first-order valence-corrected chi connectivity index (χ1v) is 6.94. The zero-order valence-corrected chi connectivity index (χ0v) is 11.6. The number of thiophene rings is 1. The molecule has 0 spiro atoms. The zero-order valence-electron chi connectivity index (χ0n) is 10.8. The largest absolute Gasteiger partial charge is 0.486 e. The van der Waals surface area contributed by atoms with Crippen molar-refractivity contribution in [3.63, 3.8) is 0 Å². The number of fused-ring (bicyclic) bond motifs is 1. The summed E-state index contributed by atoms with van der Waals surface area (Å²) in [6.45, 7) is 0.244. The highest BCUT2D eigenvalue weighted by atomic mass is 32.1. The Labute approximate surface area is 119 Å². The Morgan fingerprint density at radius 1 is 1.20 bits per heavy atom. The summed E-state index contributed by atoms with van der Waals surface area (Å²) < 4.78 is 18.4. The van der Waals surface area contributed by atoms with Gasteiger partial charge in [0, 0.05) is 7.05 Å². The van der Waals surface area contributed by atoms with Crippen molar-refractivity contribution in [2.75, 3.05) is 12.4 Å². The maximum absolute atomic E-state index is 12.8. The van der Waals surface area contributed by atoms with Crippen molar-refractivity contribution in [3.05, 3.63) is 47.4 Å². The summed E-state index contributed by atoms with van der Waals surface area (Å²) in [6, 6.07) is 7.86. The van der Waals surface area contributed by atoms with Gasteiger partial charge >= 0.3 is 0 Å². The van der Waals surface area contributed by atoms with Crippen LogP contribution in [0.25, 0.3) is 10.2 Å². The zero-order chi connectivity index (χ0) is 13.9. The standard InChI is InChI=1S/C14H12FN3OS/c1-16-13-11-6-7-20-14(11)18-12(17-13)8-19-10-4-2-9(15)3-5-10/h2-7H,8H2,1H3,(H,16,17,18). The molecule has 0 atom stereocenters. The Morgan fingerprint density at radius 3 is 2.75 bits per heavy atom. The molecule has 0 radical (unpaired) electrons. The molecule has 0 amide bonds. The van der Waals surface area contributed by atoms with Gasteiger partial charge in [-0.15, -0.1) is 11.3 Å². The molecular formula is C14H12FN3OS. The molecule has 3 rings (SSSR count). The van der Waals surface area contributed by atoms with E-state index in [-0.39, 0.29) is 12.4 Å². The van der Waals surface area contributed by atoms with Gasteiger partial charge in [0.2, 0.25) is 0 Å². The second kappa shape index (κ2) is 5.42. The van der Waals surface area contributed by atoms with Crippen molar-refractivity contribution in [1.82, 2.24) is 9.97 Å². The SMILES string of the molecule is CNc1nc(COc2ccc(F)cc2)nc2sccc12. The normalized spacial score (nSPS) is 10.7. The molecule has 0 fully saturated rings. The van der Waals surface area contributed by atoms with E-state index in [4.69, 9.17) is 4.74 Å². The summed E-state index contributed by atoms with van der Waals surface area (Å²) >= 11 is 1.56. The molecule has 0 aliphatic rings. The molecule has 4 nitrogen and oxygen atoms in total. The number of aromatic nitrogens is 2. The molecule has 0 saturated heterocycles. The number of anilines is 1. The van der Waals surface area contributed by atoms with Gasteiger partial charge in [0.15, 0.2) is 5.82 Å². The van der Waals surface area contributed by atoms with Crippen LogP contribution in [0, 0.1) is 5.82 Å². The van der Waals surface area contributed by atoms with E-state index in [2.05, 4.69) is 15.3 Å². The van der Waals surface area contributed by atoms with Gasteiger partial charge in [-0.1, -0.05) is 0 Å². The second-order valence-electron chi connectivity index (χ2n) is 4.12. The minimum atomic E-state index is -0.286. The van der Waals surface area contributed by atoms with Crippen LogP contribution in [0.1, 0.15) is 5.82 Å². The predicted molar refractivity (Wildman–Crippen MR) is 77.7 cm³/mol. The Morgan fingerprint density at radius 2 is 2.00 bits per heavy atom. The molecule has 0 bridgehead atoms. The van der Waals surface area contributed by atoms with Crippen molar-refractivity contribution in [2.45, 2.75) is 6.61 Å². The lowest BCUT2D eigenvalue weighted by atomic mass is 10.3. The third-order valence-corrected chi connectivity index (χ3v) is 3.60. The minimum Gasteiger partial charge on any atom is -0.486 e. The van der Waals surface area contributed by atoms with Crippen LogP contribution in [0.4, 0.5) is 10.2 Å². The third kappa shape index (κ3) is 2.55. The maximum Gasteiger partial charge on any atom is 0.169 e. The average molecular weight is 289 g/mol. The first-order chi connectivity index (χ1) is 9.76. The summed E-state index contributed by atoms with van der Waals surface area (Å²) in [5.74, 6) is 1.68. The molecule has 3 aromatic rings. The van der Waals surface area contributed by atoms with Crippen molar-refractivity contribution in [3.8, 4) is 5.75 Å². The first-order valence-electron chi connectivity index (χ1n) is 6.06. The smallest absolute Gasteiger partial charge is 0.169 e. The number of halogens is 1. The van der Waals surface area contributed by atoms with Crippen molar-refractivity contribution in [2.24, 2.45) is 0 Å². The fourth-order valence-corrected chi connectivity index (χ4v) is 2.62. The molecule has 2 aromatic heterocycles. The maximum atomic E-state index is 12.8. The Kier molecular flexibility index (Phi) is 3.47. The fraction of sp³-hybridized carbons (Fsp3) is 0.143. The minimum absolute atomic E-state index is 0.244. The lowest BCUT2D eigenvalue weighted by molar-refractivity contribution is 0.296. The fourth-order valence-electron chi connectivity index (χ4n) is 1.83. The summed E-state index contributed by atoms with van der Waals surface area (Å²) in [4.78, 5) is 9.77. The lowest BCUT2D eigenvalue weighted by Gasteiger charge is -2.07. The van der Waals surface area contributed by atoms with Gasteiger partial charge in [-0.3, -0.25) is 0 Å². The molecule has 0 aliphatic heterocycles. The van der Waals surface area contributed by atoms with Gasteiger partial charge in [-0.05, 0) is 35.7 Å². The summed E-state index contributed by atoms with van der Waals surface area (Å²) in [7, 11) is 1.82. The van der Waals surface area contributed by atoms with E-state index >= 15 is 0 Å². The summed E-state index contributed by atoms with van der Waals surface area (Å²) in [5, 5.41) is 6.03. The molecule has 6 heteroatoms. The van der Waals surface area contributed by atoms with Gasteiger partial charge in [-0.25, -0.2) is 14.4 Å². The molecule has 0 saturated carbocycles. The quantitative estimate of drug-likeness (QED) is 0.799. The van der Waals surface area contributed by atoms with E-state index < -0.39 is 0 Å². The number of benzene rings is 1. The predicted octanol–water partition coefficient (Wildman–Crippen LogP) is 3.45. The van der Waals surface area contributed by atoms with E-state index in [1.54, 1.807) is 23.5 Å². The number of rotatable bonds is 4. The number of nitrogens with one attached hydrogen (secondary N) is 1. The number of nitrogens with zero attached hydrogens (tertiary/aromatic N) is 2. The Hall–Kier alpha value is -2.21. The third-order valence-electron chi connectivity index (χ3n) is 2.79. The van der Waals surface area contributed by atoms with Gasteiger partial charge < -0.3 is 10.1 Å². The van der Waals surface area contributed by atoms with Crippen molar-refractivity contribution in [1.29, 1.82) is 0 Å². The molecule has 0 unspecified atom stereocenters. The highest BCUT2D eigenvalue weighted by Crippen LogP contribution is 2.25. The second-order valence-corrected chi connectivity index (χ2v) is 5.02. The van der Waals surface area contributed by atoms with Crippen LogP contribution in [-0.2, 0) is 6.61 Å². The topological polar surface area (TPSA) is 47.0 Å². The number of hydrogen-bond donors (Lipinski definition) is 1. The molecule has 1 aromatic carbocycles. The highest BCUT2D eigenvalue weighted by molar-refractivity contribution is 7.16. The number of hydrogen-bond acceptors (Lipinski definition) is 5. The van der Waals surface area contributed by atoms with Crippen LogP contribution in [0.2, 0.25) is 0 Å². The van der Waals surface area contributed by atoms with E-state index in [1.807, 2.05) is 18.5 Å². The van der Waals surface area contributed by atoms with E-state index in [9.17, 15) is 4.39 Å². The molecule has 102 valence electrons. The van der Waals surface area contributed by atoms with Crippen LogP contribution < -0.4 is 10.1 Å². The Bertz CT molecular complexity index is 727. The summed E-state index contributed by atoms with van der Waals surface area (Å²) in [6.07, 6.45) is 0. The van der Waals surface area contributed by atoms with E-state index in [1.165, 1.54) is 12.1 Å². The van der Waals surface area contributed by atoms with Crippen LogP contribution in [0.15, 0.2) is 35.7 Å². The van der Waals surface area contributed by atoms with Crippen molar-refractivity contribution < 1.29 is 9.13 Å². The molecular weight excluding hydrogens is 277 g/mol. The van der Waals surface area contributed by atoms with E-state index in [0.717, 1.165) is 16.0 Å². The first kappa shape index (κ1) is 12.8. The highest BCUT2D eigenvalue weighted by Gasteiger charge is 2.08. The number of ether oxygens (including phenoxy) is 1. The lowest BCUT2D eigenvalue weighted by Crippen LogP contribution is -2.04. The van der Waals surface area contributed by atoms with Crippen LogP contribution >= 0.6 is 11.3 Å². The molecule has 2 heterocycles. The van der Waals surface area contributed by atoms with Gasteiger partial charge in [0.1, 0.15) is 28.8 Å².